The SMILES string of the molecule is CCC(C)(CNC(=O)CC(NC(=O)OCC1c2ccccc2-c2ccccc21)C1CCC1)C(=O)O. The highest BCUT2D eigenvalue weighted by Gasteiger charge is 2.34. The number of carboxylic acids is 1. The second-order valence-corrected chi connectivity index (χ2v) is 9.97. The van der Waals surface area contributed by atoms with Crippen molar-refractivity contribution in [3.8, 4) is 11.1 Å². The number of carbonyl (C=O) groups excluding carboxylic acids is 2. The van der Waals surface area contributed by atoms with Gasteiger partial charge in [-0.25, -0.2) is 4.79 Å². The Labute approximate surface area is 206 Å². The molecule has 1 fully saturated rings. The fourth-order valence-electron chi connectivity index (χ4n) is 4.89. The van der Waals surface area contributed by atoms with E-state index in [1.807, 2.05) is 24.3 Å². The molecular weight excluding hydrogens is 444 g/mol. The van der Waals surface area contributed by atoms with Crippen LogP contribution in [0.2, 0.25) is 0 Å². The van der Waals surface area contributed by atoms with E-state index in [4.69, 9.17) is 4.74 Å². The first-order valence-electron chi connectivity index (χ1n) is 12.4. The van der Waals surface area contributed by atoms with Gasteiger partial charge in [-0.05, 0) is 54.4 Å². The smallest absolute Gasteiger partial charge is 0.407 e. The average molecular weight is 479 g/mol. The second-order valence-electron chi connectivity index (χ2n) is 9.97. The van der Waals surface area contributed by atoms with Crippen LogP contribution in [0.3, 0.4) is 0 Å². The van der Waals surface area contributed by atoms with Crippen molar-refractivity contribution in [1.29, 1.82) is 0 Å². The highest BCUT2D eigenvalue weighted by Crippen LogP contribution is 2.44. The van der Waals surface area contributed by atoms with Gasteiger partial charge in [0.25, 0.3) is 0 Å². The highest BCUT2D eigenvalue weighted by molar-refractivity contribution is 5.80. The Kier molecular flexibility index (Phi) is 7.43. The Balaban J connectivity index is 1.35. The van der Waals surface area contributed by atoms with Gasteiger partial charge in [-0.2, -0.15) is 0 Å². The maximum absolute atomic E-state index is 12.8. The van der Waals surface area contributed by atoms with Gasteiger partial charge in [0.2, 0.25) is 5.91 Å². The van der Waals surface area contributed by atoms with Crippen molar-refractivity contribution >= 4 is 18.0 Å². The van der Waals surface area contributed by atoms with Gasteiger partial charge in [0.15, 0.2) is 0 Å². The van der Waals surface area contributed by atoms with Crippen molar-refractivity contribution in [1.82, 2.24) is 10.6 Å². The fraction of sp³-hybridized carbons (Fsp3) is 0.464. The van der Waals surface area contributed by atoms with Crippen LogP contribution in [-0.4, -0.2) is 42.3 Å². The Morgan fingerprint density at radius 2 is 1.66 bits per heavy atom. The van der Waals surface area contributed by atoms with Crippen LogP contribution in [-0.2, 0) is 14.3 Å². The molecule has 4 rings (SSSR count). The number of hydrogen-bond acceptors (Lipinski definition) is 4. The summed E-state index contributed by atoms with van der Waals surface area (Å²) in [6.45, 7) is 3.68. The topological polar surface area (TPSA) is 105 Å². The largest absolute Gasteiger partial charge is 0.481 e. The van der Waals surface area contributed by atoms with Crippen molar-refractivity contribution in [2.24, 2.45) is 11.3 Å². The number of rotatable bonds is 10. The Bertz CT molecular complexity index is 1050. The number of carbonyl (C=O) groups is 3. The molecule has 2 aliphatic rings. The lowest BCUT2D eigenvalue weighted by Crippen LogP contribution is -2.47. The van der Waals surface area contributed by atoms with Crippen LogP contribution in [0.15, 0.2) is 48.5 Å². The van der Waals surface area contributed by atoms with Gasteiger partial charge in [0.1, 0.15) is 6.61 Å². The molecule has 7 heteroatoms. The van der Waals surface area contributed by atoms with Gasteiger partial charge in [0, 0.05) is 24.9 Å². The molecule has 35 heavy (non-hydrogen) atoms. The maximum atomic E-state index is 12.8. The van der Waals surface area contributed by atoms with Crippen LogP contribution in [0, 0.1) is 11.3 Å². The van der Waals surface area contributed by atoms with Gasteiger partial charge < -0.3 is 20.5 Å². The van der Waals surface area contributed by atoms with Crippen molar-refractivity contribution in [3.63, 3.8) is 0 Å². The number of alkyl carbamates (subject to hydrolysis) is 1. The summed E-state index contributed by atoms with van der Waals surface area (Å²) in [6.07, 6.45) is 2.95. The molecule has 2 aromatic carbocycles. The van der Waals surface area contributed by atoms with Crippen LogP contribution in [0.1, 0.15) is 63.0 Å². The van der Waals surface area contributed by atoms with E-state index >= 15 is 0 Å². The summed E-state index contributed by atoms with van der Waals surface area (Å²) in [4.78, 5) is 36.9. The molecule has 0 spiro atoms. The first kappa shape index (κ1) is 24.8. The number of fused-ring (bicyclic) bond motifs is 3. The van der Waals surface area contributed by atoms with Crippen LogP contribution in [0.5, 0.6) is 0 Å². The average Bonchev–Trinajstić information content (AvgIpc) is 3.13. The van der Waals surface area contributed by atoms with Gasteiger partial charge in [-0.1, -0.05) is 61.9 Å². The van der Waals surface area contributed by atoms with E-state index in [1.54, 1.807) is 13.8 Å². The van der Waals surface area contributed by atoms with Gasteiger partial charge in [0.05, 0.1) is 5.41 Å². The zero-order valence-electron chi connectivity index (χ0n) is 20.4. The van der Waals surface area contributed by atoms with Crippen LogP contribution >= 0.6 is 0 Å². The molecule has 0 radical (unpaired) electrons. The molecule has 2 amide bonds. The molecule has 0 saturated heterocycles. The molecule has 186 valence electrons. The minimum atomic E-state index is -1.01. The first-order valence-corrected chi connectivity index (χ1v) is 12.4. The van der Waals surface area contributed by atoms with E-state index in [-0.39, 0.29) is 43.4 Å². The molecule has 2 unspecified atom stereocenters. The van der Waals surface area contributed by atoms with Gasteiger partial charge in [-0.3, -0.25) is 9.59 Å². The summed E-state index contributed by atoms with van der Waals surface area (Å²) in [5.74, 6) is -1.01. The summed E-state index contributed by atoms with van der Waals surface area (Å²) < 4.78 is 5.67. The summed E-state index contributed by atoms with van der Waals surface area (Å²) in [5, 5.41) is 15.1. The van der Waals surface area contributed by atoms with Crippen LogP contribution in [0.4, 0.5) is 4.79 Å². The number of nitrogens with one attached hydrogen (secondary N) is 2. The van der Waals surface area contributed by atoms with E-state index in [2.05, 4.69) is 34.9 Å². The third kappa shape index (κ3) is 5.34. The first-order chi connectivity index (χ1) is 16.8. The predicted molar refractivity (Wildman–Crippen MR) is 133 cm³/mol. The number of ether oxygens (including phenoxy) is 1. The number of aliphatic carboxylic acids is 1. The van der Waals surface area contributed by atoms with Crippen molar-refractivity contribution in [2.75, 3.05) is 13.2 Å². The van der Waals surface area contributed by atoms with E-state index in [0.717, 1.165) is 30.4 Å². The molecular formula is C28H34N2O5. The molecule has 0 aromatic heterocycles. The second kappa shape index (κ2) is 10.5. The zero-order valence-corrected chi connectivity index (χ0v) is 20.4. The summed E-state index contributed by atoms with van der Waals surface area (Å²) in [7, 11) is 0. The van der Waals surface area contributed by atoms with E-state index in [1.165, 1.54) is 11.1 Å². The molecule has 2 atom stereocenters. The number of carboxylic acid groups (broad SMARTS) is 1. The summed E-state index contributed by atoms with van der Waals surface area (Å²) >= 11 is 0. The van der Waals surface area contributed by atoms with E-state index in [9.17, 15) is 19.5 Å². The minimum Gasteiger partial charge on any atom is -0.481 e. The minimum absolute atomic E-state index is 0.0265. The number of amides is 2. The van der Waals surface area contributed by atoms with Crippen LogP contribution < -0.4 is 10.6 Å². The lowest BCUT2D eigenvalue weighted by molar-refractivity contribution is -0.148. The van der Waals surface area contributed by atoms with E-state index < -0.39 is 17.5 Å². The fourth-order valence-corrected chi connectivity index (χ4v) is 4.89. The molecule has 3 N–H and O–H groups in total. The Hall–Kier alpha value is -3.35. The normalized spacial score (nSPS) is 17.3. The molecule has 0 bridgehead atoms. The standard InChI is InChI=1S/C28H34N2O5/c1-3-28(2,26(32)33)17-29-25(31)15-24(18-9-8-10-18)30-27(34)35-16-23-21-13-6-4-11-19(21)20-12-5-7-14-22(20)23/h4-7,11-14,18,23-24H,3,8-10,15-17H2,1-2H3,(H,29,31)(H,30,34)(H,32,33). The lowest BCUT2D eigenvalue weighted by atomic mass is 9.78. The molecule has 2 aromatic rings. The monoisotopic (exact) mass is 478 g/mol. The predicted octanol–water partition coefficient (Wildman–Crippen LogP) is 4.70. The molecule has 7 nitrogen and oxygen atoms in total. The number of hydrogen-bond donors (Lipinski definition) is 3. The summed E-state index contributed by atoms with van der Waals surface area (Å²) in [6, 6.07) is 16.0. The van der Waals surface area contributed by atoms with Crippen molar-refractivity contribution in [2.45, 2.75) is 57.9 Å². The third-order valence-corrected chi connectivity index (χ3v) is 7.74. The number of benzene rings is 2. The zero-order chi connectivity index (χ0) is 25.0. The van der Waals surface area contributed by atoms with E-state index in [0.29, 0.717) is 6.42 Å². The van der Waals surface area contributed by atoms with Crippen LogP contribution in [0.25, 0.3) is 11.1 Å². The van der Waals surface area contributed by atoms with Crippen molar-refractivity contribution < 1.29 is 24.2 Å². The van der Waals surface area contributed by atoms with Crippen molar-refractivity contribution in [3.05, 3.63) is 59.7 Å². The van der Waals surface area contributed by atoms with Gasteiger partial charge >= 0.3 is 12.1 Å². The summed E-state index contributed by atoms with van der Waals surface area (Å²) in [5.41, 5.74) is 3.62. The quantitative estimate of drug-likeness (QED) is 0.459. The molecule has 0 aliphatic heterocycles. The highest BCUT2D eigenvalue weighted by atomic mass is 16.5. The Morgan fingerprint density at radius 3 is 2.17 bits per heavy atom. The Morgan fingerprint density at radius 1 is 1.06 bits per heavy atom. The third-order valence-electron chi connectivity index (χ3n) is 7.74. The molecule has 1 saturated carbocycles. The van der Waals surface area contributed by atoms with Gasteiger partial charge in [-0.15, -0.1) is 0 Å². The molecule has 2 aliphatic carbocycles. The lowest BCUT2D eigenvalue weighted by Gasteiger charge is -2.34. The maximum Gasteiger partial charge on any atom is 0.407 e. The molecule has 0 heterocycles.